The highest BCUT2D eigenvalue weighted by molar-refractivity contribution is 4.73. The summed E-state index contributed by atoms with van der Waals surface area (Å²) in [6.45, 7) is 13.1. The zero-order valence-electron chi connectivity index (χ0n) is 13.8. The van der Waals surface area contributed by atoms with Crippen LogP contribution >= 0.6 is 0 Å². The molecule has 2 N–H and O–H groups in total. The highest BCUT2D eigenvalue weighted by Crippen LogP contribution is 2.04. The molecule has 1 atom stereocenters. The van der Waals surface area contributed by atoms with Gasteiger partial charge >= 0.3 is 0 Å². The van der Waals surface area contributed by atoms with Crippen LogP contribution in [0.5, 0.6) is 0 Å². The van der Waals surface area contributed by atoms with Crippen LogP contribution in [0.25, 0.3) is 0 Å². The van der Waals surface area contributed by atoms with Crippen molar-refractivity contribution < 1.29 is 14.2 Å². The molecule has 0 bridgehead atoms. The van der Waals surface area contributed by atoms with Gasteiger partial charge in [-0.15, -0.1) is 0 Å². The number of hydrogen-bond donors (Lipinski definition) is 1. The quantitative estimate of drug-likeness (QED) is 0.507. The first-order valence-electron chi connectivity index (χ1n) is 8.05. The number of methoxy groups -OCH3 is 1. The van der Waals surface area contributed by atoms with Gasteiger partial charge in [-0.2, -0.15) is 0 Å². The van der Waals surface area contributed by atoms with Gasteiger partial charge in [0.15, 0.2) is 0 Å². The van der Waals surface area contributed by atoms with Gasteiger partial charge < -0.3 is 24.8 Å². The summed E-state index contributed by atoms with van der Waals surface area (Å²) in [5, 5.41) is 0. The molecule has 1 saturated heterocycles. The van der Waals surface area contributed by atoms with Crippen LogP contribution in [0.1, 0.15) is 6.92 Å². The summed E-state index contributed by atoms with van der Waals surface area (Å²) in [5.74, 6) is 0.595. The molecule has 21 heavy (non-hydrogen) atoms. The van der Waals surface area contributed by atoms with E-state index < -0.39 is 0 Å². The number of rotatable bonds is 12. The van der Waals surface area contributed by atoms with E-state index in [2.05, 4.69) is 16.7 Å². The van der Waals surface area contributed by atoms with Crippen molar-refractivity contribution in [3.63, 3.8) is 0 Å². The fourth-order valence-electron chi connectivity index (χ4n) is 2.37. The lowest BCUT2D eigenvalue weighted by Gasteiger charge is -2.35. The van der Waals surface area contributed by atoms with E-state index in [1.165, 1.54) is 0 Å². The summed E-state index contributed by atoms with van der Waals surface area (Å²) in [7, 11) is 1.68. The molecule has 1 heterocycles. The van der Waals surface area contributed by atoms with Crippen molar-refractivity contribution in [2.45, 2.75) is 6.92 Å². The Balaban J connectivity index is 1.91. The topological polar surface area (TPSA) is 60.2 Å². The third kappa shape index (κ3) is 9.39. The van der Waals surface area contributed by atoms with Crippen molar-refractivity contribution in [3.8, 4) is 0 Å². The predicted octanol–water partition coefficient (Wildman–Crippen LogP) is -0.122. The zero-order chi connectivity index (χ0) is 15.3. The van der Waals surface area contributed by atoms with Crippen LogP contribution in [-0.2, 0) is 14.2 Å². The Kier molecular flexibility index (Phi) is 11.0. The van der Waals surface area contributed by atoms with E-state index in [1.807, 2.05) is 0 Å². The summed E-state index contributed by atoms with van der Waals surface area (Å²) in [4.78, 5) is 4.98. The van der Waals surface area contributed by atoms with Gasteiger partial charge in [0, 0.05) is 46.4 Å². The van der Waals surface area contributed by atoms with Crippen LogP contribution < -0.4 is 5.73 Å². The second kappa shape index (κ2) is 12.3. The van der Waals surface area contributed by atoms with Gasteiger partial charge in [-0.25, -0.2) is 0 Å². The lowest BCUT2D eigenvalue weighted by molar-refractivity contribution is 0.0154. The van der Waals surface area contributed by atoms with Gasteiger partial charge in [-0.1, -0.05) is 6.92 Å². The first-order chi connectivity index (χ1) is 10.3. The van der Waals surface area contributed by atoms with E-state index in [1.54, 1.807) is 7.11 Å². The average Bonchev–Trinajstić information content (AvgIpc) is 2.51. The minimum Gasteiger partial charge on any atom is -0.382 e. The van der Waals surface area contributed by atoms with Crippen molar-refractivity contribution in [2.24, 2.45) is 11.7 Å². The molecule has 0 spiro atoms. The summed E-state index contributed by atoms with van der Waals surface area (Å²) < 4.78 is 15.8. The second-order valence-corrected chi connectivity index (χ2v) is 5.70. The molecule has 1 unspecified atom stereocenters. The molecule has 0 aromatic carbocycles. The van der Waals surface area contributed by atoms with Crippen molar-refractivity contribution >= 4 is 0 Å². The SMILES string of the molecule is COCCOCCOCCN1CCN(CC(C)CN)CC1. The van der Waals surface area contributed by atoms with Crippen molar-refractivity contribution in [1.29, 1.82) is 0 Å². The Bertz CT molecular complexity index is 236. The van der Waals surface area contributed by atoms with Crippen molar-refractivity contribution in [2.75, 3.05) is 86.0 Å². The van der Waals surface area contributed by atoms with Gasteiger partial charge in [0.2, 0.25) is 0 Å². The monoisotopic (exact) mass is 303 g/mol. The van der Waals surface area contributed by atoms with Crippen LogP contribution in [0, 0.1) is 5.92 Å². The highest BCUT2D eigenvalue weighted by Gasteiger charge is 2.17. The lowest BCUT2D eigenvalue weighted by atomic mass is 10.1. The maximum absolute atomic E-state index is 5.68. The molecule has 0 saturated carbocycles. The van der Waals surface area contributed by atoms with Crippen molar-refractivity contribution in [1.82, 2.24) is 9.80 Å². The zero-order valence-corrected chi connectivity index (χ0v) is 13.8. The third-order valence-corrected chi connectivity index (χ3v) is 3.79. The first kappa shape index (κ1) is 18.8. The first-order valence-corrected chi connectivity index (χ1v) is 8.05. The van der Waals surface area contributed by atoms with Crippen LogP contribution in [-0.4, -0.2) is 95.8 Å². The Morgan fingerprint density at radius 2 is 1.48 bits per heavy atom. The molecule has 1 aliphatic rings. The van der Waals surface area contributed by atoms with E-state index in [0.717, 1.165) is 52.4 Å². The van der Waals surface area contributed by atoms with Crippen LogP contribution in [0.2, 0.25) is 0 Å². The number of hydrogen-bond acceptors (Lipinski definition) is 6. The lowest BCUT2D eigenvalue weighted by Crippen LogP contribution is -2.48. The van der Waals surface area contributed by atoms with Gasteiger partial charge in [-0.05, 0) is 12.5 Å². The van der Waals surface area contributed by atoms with Crippen LogP contribution in [0.15, 0.2) is 0 Å². The molecule has 0 aliphatic carbocycles. The molecule has 0 amide bonds. The molecular weight excluding hydrogens is 270 g/mol. The van der Waals surface area contributed by atoms with Crippen molar-refractivity contribution in [3.05, 3.63) is 0 Å². The van der Waals surface area contributed by atoms with E-state index in [0.29, 0.717) is 32.3 Å². The van der Waals surface area contributed by atoms with Gasteiger partial charge in [0.05, 0.1) is 33.0 Å². The van der Waals surface area contributed by atoms with E-state index in [-0.39, 0.29) is 0 Å². The molecule has 6 heteroatoms. The van der Waals surface area contributed by atoms with Gasteiger partial charge in [0.1, 0.15) is 0 Å². The van der Waals surface area contributed by atoms with Gasteiger partial charge in [-0.3, -0.25) is 4.90 Å². The molecule has 1 fully saturated rings. The Labute approximate surface area is 129 Å². The molecule has 1 aliphatic heterocycles. The third-order valence-electron chi connectivity index (χ3n) is 3.79. The van der Waals surface area contributed by atoms with E-state index in [9.17, 15) is 0 Å². The fourth-order valence-corrected chi connectivity index (χ4v) is 2.37. The average molecular weight is 303 g/mol. The summed E-state index contributed by atoms with van der Waals surface area (Å²) in [5.41, 5.74) is 5.68. The number of ether oxygens (including phenoxy) is 3. The number of piperazine rings is 1. The molecule has 126 valence electrons. The summed E-state index contributed by atoms with van der Waals surface area (Å²) in [6, 6.07) is 0. The predicted molar refractivity (Wildman–Crippen MR) is 84.6 cm³/mol. The smallest absolute Gasteiger partial charge is 0.0701 e. The van der Waals surface area contributed by atoms with Gasteiger partial charge in [0.25, 0.3) is 0 Å². The molecule has 0 radical (unpaired) electrons. The normalized spacial score (nSPS) is 19.0. The van der Waals surface area contributed by atoms with Crippen LogP contribution in [0.3, 0.4) is 0 Å². The Hall–Kier alpha value is -0.240. The molecule has 0 aromatic rings. The maximum Gasteiger partial charge on any atom is 0.0701 e. The second-order valence-electron chi connectivity index (χ2n) is 5.70. The Morgan fingerprint density at radius 3 is 2.10 bits per heavy atom. The molecule has 0 aromatic heterocycles. The van der Waals surface area contributed by atoms with E-state index in [4.69, 9.17) is 19.9 Å². The highest BCUT2D eigenvalue weighted by atomic mass is 16.5. The minimum absolute atomic E-state index is 0.595. The standard InChI is InChI=1S/C15H33N3O3/c1-15(13-16)14-18-5-3-17(4-6-18)7-8-20-11-12-21-10-9-19-2/h15H,3-14,16H2,1-2H3. The fraction of sp³-hybridized carbons (Fsp3) is 1.00. The van der Waals surface area contributed by atoms with Crippen LogP contribution in [0.4, 0.5) is 0 Å². The number of nitrogens with two attached hydrogens (primary N) is 1. The number of nitrogens with zero attached hydrogens (tertiary/aromatic N) is 2. The summed E-state index contributed by atoms with van der Waals surface area (Å²) in [6.07, 6.45) is 0. The molecule has 1 rings (SSSR count). The maximum atomic E-state index is 5.68. The molecule has 6 nitrogen and oxygen atoms in total. The van der Waals surface area contributed by atoms with E-state index >= 15 is 0 Å². The molecular formula is C15H33N3O3. The minimum atomic E-state index is 0.595. The largest absolute Gasteiger partial charge is 0.382 e. The summed E-state index contributed by atoms with van der Waals surface area (Å²) >= 11 is 0. The Morgan fingerprint density at radius 1 is 0.905 bits per heavy atom.